The minimum absolute atomic E-state index is 0.114. The van der Waals surface area contributed by atoms with E-state index in [1.165, 1.54) is 7.11 Å². The maximum atomic E-state index is 13.1. The Kier molecular flexibility index (Phi) is 6.56. The third kappa shape index (κ3) is 4.90. The highest BCUT2D eigenvalue weighted by molar-refractivity contribution is 5.94. The molecule has 1 aromatic heterocycles. The molecule has 0 bridgehead atoms. The van der Waals surface area contributed by atoms with E-state index in [2.05, 4.69) is 5.32 Å². The largest absolute Gasteiger partial charge is 0.497 e. The number of rotatable bonds is 7. The molecular formula is C23H30N4O4. The van der Waals surface area contributed by atoms with Gasteiger partial charge in [0.15, 0.2) is 5.69 Å². The molecule has 2 heterocycles. The van der Waals surface area contributed by atoms with Crippen molar-refractivity contribution < 1.29 is 19.1 Å². The quantitative estimate of drug-likeness (QED) is 0.683. The summed E-state index contributed by atoms with van der Waals surface area (Å²) in [6.07, 6.45) is 5.08. The maximum Gasteiger partial charge on any atom is 0.319 e. The smallest absolute Gasteiger partial charge is 0.319 e. The lowest BCUT2D eigenvalue weighted by atomic mass is 10.0. The first-order chi connectivity index (χ1) is 15.1. The summed E-state index contributed by atoms with van der Waals surface area (Å²) in [6.45, 7) is 2.03. The molecule has 2 aliphatic rings. The van der Waals surface area contributed by atoms with E-state index in [0.717, 1.165) is 61.2 Å². The monoisotopic (exact) mass is 426 g/mol. The first-order valence-corrected chi connectivity index (χ1v) is 10.9. The van der Waals surface area contributed by atoms with Gasteiger partial charge in [-0.05, 0) is 30.5 Å². The van der Waals surface area contributed by atoms with Crippen LogP contribution in [0.1, 0.15) is 53.0 Å². The van der Waals surface area contributed by atoms with Gasteiger partial charge < -0.3 is 14.8 Å². The summed E-state index contributed by atoms with van der Waals surface area (Å²) in [6, 6.07) is 8.10. The van der Waals surface area contributed by atoms with Crippen LogP contribution in [0.5, 0.6) is 5.75 Å². The SMILES string of the molecule is COC(=O)CN1CCc2c(c(C(=O)NC3CCCC3)nn2Cc2ccc(OC)cc2)C1. The highest BCUT2D eigenvalue weighted by Gasteiger charge is 2.30. The number of esters is 1. The maximum absolute atomic E-state index is 13.1. The van der Waals surface area contributed by atoms with Crippen molar-refractivity contribution in [2.75, 3.05) is 27.3 Å². The van der Waals surface area contributed by atoms with Gasteiger partial charge in [0.05, 0.1) is 27.3 Å². The molecule has 0 radical (unpaired) electrons. The first-order valence-electron chi connectivity index (χ1n) is 10.9. The van der Waals surface area contributed by atoms with Crippen molar-refractivity contribution >= 4 is 11.9 Å². The van der Waals surface area contributed by atoms with Gasteiger partial charge in [-0.15, -0.1) is 0 Å². The summed E-state index contributed by atoms with van der Waals surface area (Å²) in [5, 5.41) is 7.90. The number of nitrogens with zero attached hydrogens (tertiary/aromatic N) is 3. The molecule has 0 unspecified atom stereocenters. The van der Waals surface area contributed by atoms with Crippen LogP contribution in [-0.4, -0.2) is 59.9 Å². The Hall–Kier alpha value is -2.87. The molecule has 31 heavy (non-hydrogen) atoms. The summed E-state index contributed by atoms with van der Waals surface area (Å²) in [4.78, 5) is 26.9. The molecule has 8 heteroatoms. The Balaban J connectivity index is 1.59. The topological polar surface area (TPSA) is 85.7 Å². The fourth-order valence-electron chi connectivity index (χ4n) is 4.47. The molecule has 1 amide bonds. The molecule has 2 aromatic rings. The highest BCUT2D eigenvalue weighted by atomic mass is 16.5. The van der Waals surface area contributed by atoms with Gasteiger partial charge in [-0.3, -0.25) is 19.2 Å². The number of hydrogen-bond acceptors (Lipinski definition) is 6. The zero-order valence-corrected chi connectivity index (χ0v) is 18.2. The highest BCUT2D eigenvalue weighted by Crippen LogP contribution is 2.25. The minimum atomic E-state index is -0.272. The second-order valence-electron chi connectivity index (χ2n) is 8.27. The Morgan fingerprint density at radius 1 is 1.16 bits per heavy atom. The molecular weight excluding hydrogens is 396 g/mol. The molecule has 1 aliphatic carbocycles. The number of ether oxygens (including phenoxy) is 2. The van der Waals surface area contributed by atoms with E-state index in [9.17, 15) is 9.59 Å². The van der Waals surface area contributed by atoms with Crippen LogP contribution in [0.4, 0.5) is 0 Å². The average Bonchev–Trinajstić information content (AvgIpc) is 3.42. The second kappa shape index (κ2) is 9.51. The van der Waals surface area contributed by atoms with Crippen molar-refractivity contribution in [3.8, 4) is 5.75 Å². The lowest BCUT2D eigenvalue weighted by molar-refractivity contribution is -0.142. The zero-order valence-electron chi connectivity index (χ0n) is 18.2. The number of hydrogen-bond donors (Lipinski definition) is 1. The molecule has 0 spiro atoms. The van der Waals surface area contributed by atoms with Gasteiger partial charge in [-0.1, -0.05) is 25.0 Å². The van der Waals surface area contributed by atoms with E-state index in [4.69, 9.17) is 14.6 Å². The van der Waals surface area contributed by atoms with E-state index >= 15 is 0 Å². The minimum Gasteiger partial charge on any atom is -0.497 e. The van der Waals surface area contributed by atoms with Crippen molar-refractivity contribution in [2.45, 2.75) is 51.2 Å². The Bertz CT molecular complexity index is 932. The third-order valence-corrected chi connectivity index (χ3v) is 6.19. The molecule has 1 aromatic carbocycles. The fourth-order valence-corrected chi connectivity index (χ4v) is 4.47. The summed E-state index contributed by atoms with van der Waals surface area (Å²) < 4.78 is 12.0. The molecule has 1 fully saturated rings. The van der Waals surface area contributed by atoms with E-state index in [1.807, 2.05) is 33.8 Å². The summed E-state index contributed by atoms with van der Waals surface area (Å²) in [7, 11) is 3.04. The second-order valence-corrected chi connectivity index (χ2v) is 8.27. The number of nitrogens with one attached hydrogen (secondary N) is 1. The third-order valence-electron chi connectivity index (χ3n) is 6.19. The molecule has 1 N–H and O–H groups in total. The summed E-state index contributed by atoms with van der Waals surface area (Å²) >= 11 is 0. The molecule has 0 saturated heterocycles. The van der Waals surface area contributed by atoms with Crippen LogP contribution < -0.4 is 10.1 Å². The number of amides is 1. The normalized spacial score (nSPS) is 16.7. The predicted octanol–water partition coefficient (Wildman–Crippen LogP) is 2.14. The van der Waals surface area contributed by atoms with Crippen LogP contribution in [0.3, 0.4) is 0 Å². The van der Waals surface area contributed by atoms with Crippen molar-refractivity contribution in [1.82, 2.24) is 20.0 Å². The molecule has 8 nitrogen and oxygen atoms in total. The van der Waals surface area contributed by atoms with E-state index in [-0.39, 0.29) is 24.5 Å². The molecule has 166 valence electrons. The standard InChI is InChI=1S/C23H30N4O4/c1-30-18-9-7-16(8-10-18)13-27-20-11-12-26(15-21(28)31-2)14-19(20)22(25-27)23(29)24-17-5-3-4-6-17/h7-10,17H,3-6,11-15H2,1-2H3,(H,24,29). The first kappa shape index (κ1) is 21.4. The lowest BCUT2D eigenvalue weighted by Gasteiger charge is -2.26. The van der Waals surface area contributed by atoms with Gasteiger partial charge in [0, 0.05) is 36.8 Å². The fraction of sp³-hybridized carbons (Fsp3) is 0.522. The zero-order chi connectivity index (χ0) is 21.8. The van der Waals surface area contributed by atoms with Gasteiger partial charge in [0.25, 0.3) is 5.91 Å². The van der Waals surface area contributed by atoms with Gasteiger partial charge in [-0.2, -0.15) is 5.10 Å². The van der Waals surface area contributed by atoms with E-state index in [0.29, 0.717) is 18.8 Å². The van der Waals surface area contributed by atoms with Crippen molar-refractivity contribution in [2.24, 2.45) is 0 Å². The van der Waals surface area contributed by atoms with Crippen molar-refractivity contribution in [3.63, 3.8) is 0 Å². The lowest BCUT2D eigenvalue weighted by Crippen LogP contribution is -2.37. The number of benzene rings is 1. The van der Waals surface area contributed by atoms with Crippen LogP contribution in [0.2, 0.25) is 0 Å². The summed E-state index contributed by atoms with van der Waals surface area (Å²) in [5.74, 6) is 0.420. The van der Waals surface area contributed by atoms with Gasteiger partial charge in [0.2, 0.25) is 0 Å². The van der Waals surface area contributed by atoms with Crippen molar-refractivity contribution in [3.05, 3.63) is 46.8 Å². The van der Waals surface area contributed by atoms with Crippen LogP contribution in [0.25, 0.3) is 0 Å². The molecule has 1 aliphatic heterocycles. The number of carbonyl (C=O) groups is 2. The van der Waals surface area contributed by atoms with E-state index < -0.39 is 0 Å². The summed E-state index contributed by atoms with van der Waals surface area (Å²) in [5.41, 5.74) is 3.54. The number of methoxy groups -OCH3 is 2. The van der Waals surface area contributed by atoms with Gasteiger partial charge in [0.1, 0.15) is 5.75 Å². The molecule has 4 rings (SSSR count). The van der Waals surface area contributed by atoms with E-state index in [1.54, 1.807) is 7.11 Å². The van der Waals surface area contributed by atoms with Crippen LogP contribution >= 0.6 is 0 Å². The number of carbonyl (C=O) groups excluding carboxylic acids is 2. The van der Waals surface area contributed by atoms with Crippen LogP contribution in [0, 0.1) is 0 Å². The Labute approximate surface area is 182 Å². The molecule has 0 atom stereocenters. The van der Waals surface area contributed by atoms with Crippen molar-refractivity contribution in [1.29, 1.82) is 0 Å². The van der Waals surface area contributed by atoms with Gasteiger partial charge in [-0.25, -0.2) is 0 Å². The molecule has 1 saturated carbocycles. The van der Waals surface area contributed by atoms with Gasteiger partial charge >= 0.3 is 5.97 Å². The van der Waals surface area contributed by atoms with Crippen LogP contribution in [-0.2, 0) is 29.0 Å². The average molecular weight is 427 g/mol. The number of aromatic nitrogens is 2. The predicted molar refractivity (Wildman–Crippen MR) is 115 cm³/mol. The Morgan fingerprint density at radius 2 is 1.90 bits per heavy atom. The van der Waals surface area contributed by atoms with Crippen LogP contribution in [0.15, 0.2) is 24.3 Å². The Morgan fingerprint density at radius 3 is 2.58 bits per heavy atom. The number of fused-ring (bicyclic) bond motifs is 1.